The second-order valence-electron chi connectivity index (χ2n) is 8.63. The van der Waals surface area contributed by atoms with E-state index in [1.807, 2.05) is 24.3 Å². The van der Waals surface area contributed by atoms with E-state index in [0.717, 1.165) is 5.56 Å². The molecule has 1 amide bonds. The van der Waals surface area contributed by atoms with Crippen molar-refractivity contribution >= 4 is 29.2 Å². The zero-order valence-electron chi connectivity index (χ0n) is 19.0. The smallest absolute Gasteiger partial charge is 0.337 e. The SMILES string of the molecule is C/C(=N\NC(=O)c1ccc(C(=O)O)c(Cl)c1)c1nn(C)c(-c2ccc(C(C)(C)C)cc2)c1O. The van der Waals surface area contributed by atoms with E-state index in [0.29, 0.717) is 11.4 Å². The molecule has 1 aromatic heterocycles. The molecular weight excluding hydrogens is 444 g/mol. The Hall–Kier alpha value is -3.65. The molecule has 33 heavy (non-hydrogen) atoms. The number of hydrazone groups is 1. The fourth-order valence-electron chi connectivity index (χ4n) is 3.29. The van der Waals surface area contributed by atoms with Crippen molar-refractivity contribution in [2.45, 2.75) is 33.1 Å². The fourth-order valence-corrected chi connectivity index (χ4v) is 3.55. The number of hydrogen-bond donors (Lipinski definition) is 3. The molecule has 3 aromatic rings. The van der Waals surface area contributed by atoms with Gasteiger partial charge >= 0.3 is 5.97 Å². The topological polar surface area (TPSA) is 117 Å². The summed E-state index contributed by atoms with van der Waals surface area (Å²) in [5.74, 6) is -1.82. The van der Waals surface area contributed by atoms with Gasteiger partial charge in [-0.15, -0.1) is 0 Å². The Morgan fingerprint density at radius 1 is 1.12 bits per heavy atom. The molecule has 3 rings (SSSR count). The normalized spacial score (nSPS) is 12.0. The molecule has 0 spiro atoms. The summed E-state index contributed by atoms with van der Waals surface area (Å²) in [7, 11) is 1.72. The van der Waals surface area contributed by atoms with Crippen molar-refractivity contribution in [1.29, 1.82) is 0 Å². The number of hydrogen-bond acceptors (Lipinski definition) is 5. The molecule has 0 bridgehead atoms. The van der Waals surface area contributed by atoms with Crippen LogP contribution in [-0.4, -0.2) is 37.6 Å². The zero-order valence-corrected chi connectivity index (χ0v) is 19.7. The number of aromatic carboxylic acids is 1. The molecule has 172 valence electrons. The van der Waals surface area contributed by atoms with E-state index in [2.05, 4.69) is 36.4 Å². The number of carbonyl (C=O) groups excluding carboxylic acids is 1. The summed E-state index contributed by atoms with van der Waals surface area (Å²) in [6.07, 6.45) is 0. The molecule has 3 N–H and O–H groups in total. The minimum atomic E-state index is -1.18. The van der Waals surface area contributed by atoms with Crippen LogP contribution in [0, 0.1) is 0 Å². The highest BCUT2D eigenvalue weighted by molar-refractivity contribution is 6.33. The number of nitrogens with one attached hydrogen (secondary N) is 1. The van der Waals surface area contributed by atoms with Gasteiger partial charge in [0.25, 0.3) is 5.91 Å². The Labute approximate surface area is 196 Å². The van der Waals surface area contributed by atoms with E-state index in [-0.39, 0.29) is 33.0 Å². The van der Waals surface area contributed by atoms with Gasteiger partial charge in [-0.2, -0.15) is 10.2 Å². The molecule has 8 nitrogen and oxygen atoms in total. The molecule has 0 aliphatic rings. The Morgan fingerprint density at radius 2 is 1.76 bits per heavy atom. The van der Waals surface area contributed by atoms with Gasteiger partial charge in [0.1, 0.15) is 5.69 Å². The summed E-state index contributed by atoms with van der Waals surface area (Å²) in [5, 5.41) is 28.2. The summed E-state index contributed by atoms with van der Waals surface area (Å²) in [5.41, 5.74) is 5.45. The Morgan fingerprint density at radius 3 is 2.30 bits per heavy atom. The van der Waals surface area contributed by atoms with Crippen LogP contribution in [-0.2, 0) is 12.5 Å². The predicted molar refractivity (Wildman–Crippen MR) is 127 cm³/mol. The van der Waals surface area contributed by atoms with E-state index in [9.17, 15) is 14.7 Å². The van der Waals surface area contributed by atoms with Gasteiger partial charge in [0.2, 0.25) is 0 Å². The number of aromatic nitrogens is 2. The van der Waals surface area contributed by atoms with Crippen molar-refractivity contribution in [1.82, 2.24) is 15.2 Å². The Balaban J connectivity index is 1.83. The van der Waals surface area contributed by atoms with Crippen molar-refractivity contribution in [3.8, 4) is 17.0 Å². The van der Waals surface area contributed by atoms with Gasteiger partial charge in [0.05, 0.1) is 16.3 Å². The third-order valence-electron chi connectivity index (χ3n) is 5.18. The van der Waals surface area contributed by atoms with Gasteiger partial charge in [-0.3, -0.25) is 9.48 Å². The number of benzene rings is 2. The first-order valence-corrected chi connectivity index (χ1v) is 10.5. The van der Waals surface area contributed by atoms with Crippen molar-refractivity contribution in [3.05, 3.63) is 69.9 Å². The lowest BCUT2D eigenvalue weighted by Gasteiger charge is -2.19. The van der Waals surface area contributed by atoms with E-state index >= 15 is 0 Å². The number of aromatic hydroxyl groups is 1. The molecule has 0 saturated carbocycles. The maximum absolute atomic E-state index is 12.4. The maximum Gasteiger partial charge on any atom is 0.337 e. The minimum absolute atomic E-state index is 0.0117. The van der Waals surface area contributed by atoms with Crippen molar-refractivity contribution in [2.24, 2.45) is 12.1 Å². The third kappa shape index (κ3) is 5.06. The van der Waals surface area contributed by atoms with Crippen LogP contribution in [0.4, 0.5) is 0 Å². The summed E-state index contributed by atoms with van der Waals surface area (Å²) < 4.78 is 1.56. The number of aryl methyl sites for hydroxylation is 1. The Kier molecular flexibility index (Phi) is 6.60. The van der Waals surface area contributed by atoms with Gasteiger partial charge in [0, 0.05) is 18.2 Å². The van der Waals surface area contributed by atoms with Crippen LogP contribution >= 0.6 is 11.6 Å². The monoisotopic (exact) mass is 468 g/mol. The summed E-state index contributed by atoms with van der Waals surface area (Å²) >= 11 is 5.92. The molecule has 0 fully saturated rings. The fraction of sp³-hybridized carbons (Fsp3) is 0.250. The zero-order chi connectivity index (χ0) is 24.5. The van der Waals surface area contributed by atoms with E-state index in [4.69, 9.17) is 16.7 Å². The lowest BCUT2D eigenvalue weighted by atomic mass is 9.86. The number of carbonyl (C=O) groups is 2. The van der Waals surface area contributed by atoms with E-state index < -0.39 is 11.9 Å². The first kappa shape index (κ1) is 24.0. The van der Waals surface area contributed by atoms with Gasteiger partial charge < -0.3 is 10.2 Å². The summed E-state index contributed by atoms with van der Waals surface area (Å²) in [6, 6.07) is 11.7. The van der Waals surface area contributed by atoms with Gasteiger partial charge in [-0.25, -0.2) is 10.2 Å². The van der Waals surface area contributed by atoms with Crippen molar-refractivity contribution in [2.75, 3.05) is 0 Å². The number of rotatable bonds is 5. The molecule has 0 unspecified atom stereocenters. The van der Waals surface area contributed by atoms with Crippen LogP contribution in [0.15, 0.2) is 47.6 Å². The van der Waals surface area contributed by atoms with Crippen LogP contribution in [0.25, 0.3) is 11.3 Å². The van der Waals surface area contributed by atoms with Crippen LogP contribution in [0.5, 0.6) is 5.75 Å². The van der Waals surface area contributed by atoms with E-state index in [1.165, 1.54) is 23.8 Å². The highest BCUT2D eigenvalue weighted by atomic mass is 35.5. The van der Waals surface area contributed by atoms with E-state index in [1.54, 1.807) is 18.7 Å². The average molecular weight is 469 g/mol. The number of halogens is 1. The summed E-state index contributed by atoms with van der Waals surface area (Å²) in [6.45, 7) is 7.99. The van der Waals surface area contributed by atoms with Crippen LogP contribution in [0.1, 0.15) is 59.7 Å². The lowest BCUT2D eigenvalue weighted by molar-refractivity contribution is 0.0696. The highest BCUT2D eigenvalue weighted by Gasteiger charge is 2.21. The quantitative estimate of drug-likeness (QED) is 0.374. The maximum atomic E-state index is 12.4. The molecule has 0 saturated heterocycles. The standard InChI is InChI=1S/C24H25ClN4O4/c1-13(26-27-22(31)15-8-11-17(23(32)33)18(25)12-15)19-21(30)20(29(5)28-19)14-6-9-16(10-7-14)24(2,3)4/h6-12,30H,1-5H3,(H,27,31)(H,32,33)/b26-13+. The van der Waals surface area contributed by atoms with Gasteiger partial charge in [0.15, 0.2) is 11.4 Å². The van der Waals surface area contributed by atoms with Gasteiger partial charge in [-0.05, 0) is 36.1 Å². The van der Waals surface area contributed by atoms with Gasteiger partial charge in [-0.1, -0.05) is 56.6 Å². The second kappa shape index (κ2) is 9.07. The largest absolute Gasteiger partial charge is 0.504 e. The van der Waals surface area contributed by atoms with Crippen molar-refractivity contribution < 1.29 is 19.8 Å². The summed E-state index contributed by atoms with van der Waals surface area (Å²) in [4.78, 5) is 23.5. The average Bonchev–Trinajstić information content (AvgIpc) is 3.04. The lowest BCUT2D eigenvalue weighted by Crippen LogP contribution is -2.19. The van der Waals surface area contributed by atoms with Crippen LogP contribution < -0.4 is 5.43 Å². The highest BCUT2D eigenvalue weighted by Crippen LogP contribution is 2.33. The number of carboxylic acid groups (broad SMARTS) is 1. The molecule has 0 aliphatic carbocycles. The predicted octanol–water partition coefficient (Wildman–Crippen LogP) is 4.60. The number of amides is 1. The van der Waals surface area contributed by atoms with Crippen LogP contribution in [0.2, 0.25) is 5.02 Å². The number of nitrogens with zero attached hydrogens (tertiary/aromatic N) is 3. The minimum Gasteiger partial charge on any atom is -0.504 e. The second-order valence-corrected chi connectivity index (χ2v) is 9.04. The molecule has 9 heteroatoms. The Bertz CT molecular complexity index is 1250. The molecule has 0 radical (unpaired) electrons. The molecule has 0 atom stereocenters. The molecular formula is C24H25ClN4O4. The first-order chi connectivity index (χ1) is 15.4. The molecule has 1 heterocycles. The third-order valence-corrected chi connectivity index (χ3v) is 5.49. The van der Waals surface area contributed by atoms with Crippen LogP contribution in [0.3, 0.4) is 0 Å². The number of carboxylic acids is 1. The first-order valence-electron chi connectivity index (χ1n) is 10.1. The van der Waals surface area contributed by atoms with Crippen molar-refractivity contribution in [3.63, 3.8) is 0 Å². The molecule has 0 aliphatic heterocycles. The molecule has 2 aromatic carbocycles.